The number of nitriles is 1. The van der Waals surface area contributed by atoms with Crippen molar-refractivity contribution in [3.05, 3.63) is 0 Å². The summed E-state index contributed by atoms with van der Waals surface area (Å²) >= 11 is 0. The lowest BCUT2D eigenvalue weighted by atomic mass is 10.0. The van der Waals surface area contributed by atoms with Crippen molar-refractivity contribution in [1.82, 2.24) is 5.32 Å². The predicted molar refractivity (Wildman–Crippen MR) is 49.8 cm³/mol. The van der Waals surface area contributed by atoms with Crippen LogP contribution in [0.15, 0.2) is 0 Å². The molecule has 2 nitrogen and oxygen atoms in total. The molecule has 3 aliphatic carbocycles. The summed E-state index contributed by atoms with van der Waals surface area (Å²) in [6.07, 6.45) is 5.17. The molecule has 70 valence electrons. The summed E-state index contributed by atoms with van der Waals surface area (Å²) in [5.41, 5.74) is 0. The van der Waals surface area contributed by atoms with E-state index in [2.05, 4.69) is 11.4 Å². The van der Waals surface area contributed by atoms with Crippen molar-refractivity contribution in [3.8, 4) is 6.07 Å². The molecule has 13 heavy (non-hydrogen) atoms. The van der Waals surface area contributed by atoms with Gasteiger partial charge in [-0.15, -0.1) is 0 Å². The van der Waals surface area contributed by atoms with E-state index < -0.39 is 0 Å². The second-order valence-corrected chi connectivity index (χ2v) is 4.88. The molecule has 0 aromatic carbocycles. The van der Waals surface area contributed by atoms with Gasteiger partial charge in [0.1, 0.15) is 0 Å². The molecule has 4 unspecified atom stereocenters. The van der Waals surface area contributed by atoms with Crippen LogP contribution in [0.3, 0.4) is 0 Å². The Morgan fingerprint density at radius 1 is 1.23 bits per heavy atom. The van der Waals surface area contributed by atoms with E-state index in [1.54, 1.807) is 0 Å². The predicted octanol–water partition coefficient (Wildman–Crippen LogP) is 1.53. The highest BCUT2D eigenvalue weighted by atomic mass is 15.0. The van der Waals surface area contributed by atoms with Crippen LogP contribution in [0.25, 0.3) is 0 Å². The smallest absolute Gasteiger partial charge is 0.0635 e. The Kier molecular flexibility index (Phi) is 1.63. The van der Waals surface area contributed by atoms with Crippen molar-refractivity contribution < 1.29 is 0 Å². The number of hydrogen-bond acceptors (Lipinski definition) is 2. The number of fused-ring (bicyclic) bond motifs is 5. The first kappa shape index (κ1) is 7.82. The highest BCUT2D eigenvalue weighted by Crippen LogP contribution is 2.65. The molecule has 0 aromatic rings. The van der Waals surface area contributed by atoms with E-state index in [0.29, 0.717) is 6.42 Å². The summed E-state index contributed by atoms with van der Waals surface area (Å²) < 4.78 is 0. The second kappa shape index (κ2) is 2.72. The Hall–Kier alpha value is -0.550. The zero-order chi connectivity index (χ0) is 8.84. The third-order valence-electron chi connectivity index (χ3n) is 4.35. The first-order valence-corrected chi connectivity index (χ1v) is 5.52. The Bertz CT molecular complexity index is 239. The van der Waals surface area contributed by atoms with Gasteiger partial charge in [-0.1, -0.05) is 0 Å². The summed E-state index contributed by atoms with van der Waals surface area (Å²) in [6, 6.07) is 3.00. The average molecular weight is 176 g/mol. The summed E-state index contributed by atoms with van der Waals surface area (Å²) in [6.45, 7) is 0.910. The van der Waals surface area contributed by atoms with Gasteiger partial charge >= 0.3 is 0 Å². The van der Waals surface area contributed by atoms with E-state index in [0.717, 1.165) is 36.3 Å². The molecular formula is C11H16N2. The van der Waals surface area contributed by atoms with Crippen molar-refractivity contribution in [2.24, 2.45) is 23.7 Å². The van der Waals surface area contributed by atoms with E-state index in [1.165, 1.54) is 19.3 Å². The minimum atomic E-state index is 0.672. The Morgan fingerprint density at radius 2 is 1.92 bits per heavy atom. The molecule has 3 rings (SSSR count). The van der Waals surface area contributed by atoms with E-state index in [4.69, 9.17) is 5.26 Å². The molecule has 0 saturated heterocycles. The first-order chi connectivity index (χ1) is 6.42. The zero-order valence-electron chi connectivity index (χ0n) is 7.87. The van der Waals surface area contributed by atoms with Crippen LogP contribution in [0.2, 0.25) is 0 Å². The average Bonchev–Trinajstić information content (AvgIpc) is 2.58. The van der Waals surface area contributed by atoms with Crippen molar-refractivity contribution in [1.29, 1.82) is 5.26 Å². The van der Waals surface area contributed by atoms with Gasteiger partial charge in [-0.2, -0.15) is 5.26 Å². The van der Waals surface area contributed by atoms with Crippen LogP contribution >= 0.6 is 0 Å². The molecular weight excluding hydrogens is 160 g/mol. The molecule has 3 aliphatic rings. The highest BCUT2D eigenvalue weighted by molar-refractivity contribution is 5.16. The first-order valence-electron chi connectivity index (χ1n) is 5.52. The van der Waals surface area contributed by atoms with Crippen molar-refractivity contribution in [2.75, 3.05) is 6.54 Å². The second-order valence-electron chi connectivity index (χ2n) is 4.88. The van der Waals surface area contributed by atoms with Gasteiger partial charge in [0.05, 0.1) is 6.07 Å². The Balaban J connectivity index is 1.53. The molecule has 2 bridgehead atoms. The number of nitrogens with zero attached hydrogens (tertiary/aromatic N) is 1. The fourth-order valence-electron chi connectivity index (χ4n) is 3.89. The molecule has 0 aromatic heterocycles. The van der Waals surface area contributed by atoms with Crippen LogP contribution in [0.5, 0.6) is 0 Å². The molecule has 3 fully saturated rings. The molecule has 1 N–H and O–H groups in total. The summed E-state index contributed by atoms with van der Waals surface area (Å²) in [5, 5.41) is 12.0. The van der Waals surface area contributed by atoms with Crippen LogP contribution in [0.4, 0.5) is 0 Å². The molecule has 3 saturated carbocycles. The molecule has 4 atom stereocenters. The van der Waals surface area contributed by atoms with Gasteiger partial charge in [-0.05, 0) is 42.9 Å². The monoisotopic (exact) mass is 176 g/mol. The largest absolute Gasteiger partial charge is 0.312 e. The molecule has 2 heteroatoms. The van der Waals surface area contributed by atoms with Gasteiger partial charge in [0.15, 0.2) is 0 Å². The minimum absolute atomic E-state index is 0.672. The number of hydrogen-bond donors (Lipinski definition) is 1. The summed E-state index contributed by atoms with van der Waals surface area (Å²) in [4.78, 5) is 0. The third-order valence-corrected chi connectivity index (χ3v) is 4.35. The third kappa shape index (κ3) is 1.03. The molecule has 0 aliphatic heterocycles. The van der Waals surface area contributed by atoms with Gasteiger partial charge in [0, 0.05) is 19.0 Å². The maximum Gasteiger partial charge on any atom is 0.0635 e. The lowest BCUT2D eigenvalue weighted by Gasteiger charge is -2.08. The van der Waals surface area contributed by atoms with Gasteiger partial charge < -0.3 is 5.32 Å². The Labute approximate surface area is 79.3 Å². The maximum atomic E-state index is 8.43. The van der Waals surface area contributed by atoms with Crippen molar-refractivity contribution in [3.63, 3.8) is 0 Å². The minimum Gasteiger partial charge on any atom is -0.312 e. The van der Waals surface area contributed by atoms with Gasteiger partial charge in [-0.3, -0.25) is 0 Å². The molecule has 0 radical (unpaired) electrons. The standard InChI is InChI=1S/C11H16N2/c12-4-1-5-13-11-9-7-2-3-8(6-7)10(9)11/h7-11,13H,1-3,5-6H2. The van der Waals surface area contributed by atoms with Crippen LogP contribution < -0.4 is 5.32 Å². The van der Waals surface area contributed by atoms with Crippen molar-refractivity contribution in [2.45, 2.75) is 31.7 Å². The van der Waals surface area contributed by atoms with E-state index in [1.807, 2.05) is 0 Å². The molecule has 0 heterocycles. The SMILES string of the molecule is N#CCCNC1C2C3CCC(C3)C12. The van der Waals surface area contributed by atoms with E-state index in [9.17, 15) is 0 Å². The van der Waals surface area contributed by atoms with Gasteiger partial charge in [0.25, 0.3) is 0 Å². The fourth-order valence-corrected chi connectivity index (χ4v) is 3.89. The van der Waals surface area contributed by atoms with E-state index in [-0.39, 0.29) is 0 Å². The van der Waals surface area contributed by atoms with Gasteiger partial charge in [-0.25, -0.2) is 0 Å². The summed E-state index contributed by atoms with van der Waals surface area (Å²) in [5.74, 6) is 4.12. The fraction of sp³-hybridized carbons (Fsp3) is 0.909. The Morgan fingerprint density at radius 3 is 2.54 bits per heavy atom. The quantitative estimate of drug-likeness (QED) is 0.662. The maximum absolute atomic E-state index is 8.43. The highest BCUT2D eigenvalue weighted by Gasteiger charge is 2.64. The number of rotatable bonds is 3. The summed E-state index contributed by atoms with van der Waals surface area (Å²) in [7, 11) is 0. The molecule has 0 spiro atoms. The van der Waals surface area contributed by atoms with Crippen LogP contribution in [0, 0.1) is 35.0 Å². The van der Waals surface area contributed by atoms with Crippen LogP contribution in [-0.2, 0) is 0 Å². The van der Waals surface area contributed by atoms with Gasteiger partial charge in [0.2, 0.25) is 0 Å². The van der Waals surface area contributed by atoms with Crippen LogP contribution in [-0.4, -0.2) is 12.6 Å². The van der Waals surface area contributed by atoms with E-state index >= 15 is 0 Å². The van der Waals surface area contributed by atoms with Crippen LogP contribution in [0.1, 0.15) is 25.7 Å². The van der Waals surface area contributed by atoms with Crippen molar-refractivity contribution >= 4 is 0 Å². The normalized spacial score (nSPS) is 50.2. The molecule has 0 amide bonds. The lowest BCUT2D eigenvalue weighted by molar-refractivity contribution is 0.456. The number of nitrogens with one attached hydrogen (secondary N) is 1. The topological polar surface area (TPSA) is 35.8 Å². The zero-order valence-corrected chi connectivity index (χ0v) is 7.87. The lowest BCUT2D eigenvalue weighted by Crippen LogP contribution is -2.23.